The molecule has 0 amide bonds. The normalized spacial score (nSPS) is 15.6. The average molecular weight is 278 g/mol. The minimum absolute atomic E-state index is 0.635. The number of unbranched alkanes of at least 4 members (excludes halogenated alkanes) is 1. The van der Waals surface area contributed by atoms with Crippen LogP contribution in [0.2, 0.25) is 0 Å². The summed E-state index contributed by atoms with van der Waals surface area (Å²) in [4.78, 5) is 0. The van der Waals surface area contributed by atoms with Gasteiger partial charge in [0.25, 0.3) is 0 Å². The molecule has 1 aromatic heterocycles. The first kappa shape index (κ1) is 12.5. The molecule has 19 heavy (non-hydrogen) atoms. The van der Waals surface area contributed by atoms with E-state index < -0.39 is 8.09 Å². The smallest absolute Gasteiger partial charge is 0.255 e. The van der Waals surface area contributed by atoms with Crippen molar-refractivity contribution in [2.75, 3.05) is 6.61 Å². The van der Waals surface area contributed by atoms with Gasteiger partial charge in [0.1, 0.15) is 6.61 Å². The molecule has 0 unspecified atom stereocenters. The summed E-state index contributed by atoms with van der Waals surface area (Å²) in [5, 5.41) is 0. The summed E-state index contributed by atoms with van der Waals surface area (Å²) in [5.41, 5.74) is 0. The predicted octanol–water partition coefficient (Wildman–Crippen LogP) is 4.30. The number of rotatable bonds is 5. The summed E-state index contributed by atoms with van der Waals surface area (Å²) in [7, 11) is -2.55. The van der Waals surface area contributed by atoms with Crippen molar-refractivity contribution in [3.8, 4) is 11.5 Å². The van der Waals surface area contributed by atoms with Crippen LogP contribution >= 0.6 is 8.09 Å². The maximum absolute atomic E-state index is 6.02. The highest BCUT2D eigenvalue weighted by molar-refractivity contribution is 7.61. The third kappa shape index (κ3) is 2.34. The molecule has 0 N–H and O–H groups in total. The second-order valence-electron chi connectivity index (χ2n) is 4.35. The van der Waals surface area contributed by atoms with Crippen LogP contribution in [0.1, 0.15) is 19.8 Å². The lowest BCUT2D eigenvalue weighted by atomic mass is 10.3. The van der Waals surface area contributed by atoms with Crippen molar-refractivity contribution in [3.05, 3.63) is 48.8 Å². The number of para-hydroxylation sites is 2. The molecule has 2 aromatic rings. The zero-order chi connectivity index (χ0) is 13.1. The Labute approximate surface area is 113 Å². The van der Waals surface area contributed by atoms with Gasteiger partial charge in [-0.05, 0) is 30.7 Å². The molecule has 4 nitrogen and oxygen atoms in total. The first-order valence-corrected chi connectivity index (χ1v) is 7.99. The highest BCUT2D eigenvalue weighted by Crippen LogP contribution is 2.68. The van der Waals surface area contributed by atoms with Crippen LogP contribution in [-0.2, 0) is 4.52 Å². The van der Waals surface area contributed by atoms with Gasteiger partial charge in [-0.3, -0.25) is 9.05 Å². The Balaban J connectivity index is 1.88. The van der Waals surface area contributed by atoms with Gasteiger partial charge in [-0.1, -0.05) is 25.5 Å². The van der Waals surface area contributed by atoms with Crippen LogP contribution in [0.15, 0.2) is 48.8 Å². The Morgan fingerprint density at radius 3 is 2.26 bits per heavy atom. The van der Waals surface area contributed by atoms with Crippen LogP contribution in [0.3, 0.4) is 0 Å². The molecule has 3 rings (SSSR count). The molecule has 0 saturated carbocycles. The summed E-state index contributed by atoms with van der Waals surface area (Å²) in [5.74, 6) is 1.50. The lowest BCUT2D eigenvalue weighted by Gasteiger charge is -2.15. The van der Waals surface area contributed by atoms with Crippen molar-refractivity contribution in [2.24, 2.45) is 0 Å². The molecular weight excluding hydrogens is 261 g/mol. The van der Waals surface area contributed by atoms with Crippen LogP contribution < -0.4 is 9.05 Å². The molecule has 2 heterocycles. The van der Waals surface area contributed by atoms with Crippen molar-refractivity contribution in [2.45, 2.75) is 19.8 Å². The Kier molecular flexibility index (Phi) is 3.45. The van der Waals surface area contributed by atoms with E-state index in [1.165, 1.54) is 0 Å². The molecule has 1 aliphatic rings. The van der Waals surface area contributed by atoms with Crippen molar-refractivity contribution < 1.29 is 13.6 Å². The van der Waals surface area contributed by atoms with Gasteiger partial charge in [0, 0.05) is 0 Å². The Morgan fingerprint density at radius 2 is 1.68 bits per heavy atom. The van der Waals surface area contributed by atoms with Crippen molar-refractivity contribution >= 4 is 8.09 Å². The zero-order valence-corrected chi connectivity index (χ0v) is 11.8. The summed E-state index contributed by atoms with van der Waals surface area (Å²) in [6, 6.07) is 11.6. The fourth-order valence-electron chi connectivity index (χ4n) is 1.89. The summed E-state index contributed by atoms with van der Waals surface area (Å²) in [6.45, 7) is 2.77. The minimum Gasteiger partial charge on any atom is -0.255 e. The number of hydrogen-bond donors (Lipinski definition) is 0. The monoisotopic (exact) mass is 278 g/mol. The van der Waals surface area contributed by atoms with E-state index in [1.54, 1.807) is 0 Å². The highest BCUT2D eigenvalue weighted by atomic mass is 31.2. The summed E-state index contributed by atoms with van der Waals surface area (Å²) >= 11 is 0. The quantitative estimate of drug-likeness (QED) is 0.603. The van der Waals surface area contributed by atoms with Gasteiger partial charge >= 0.3 is 8.09 Å². The fourth-order valence-corrected chi connectivity index (χ4v) is 4.00. The lowest BCUT2D eigenvalue weighted by Crippen LogP contribution is -2.14. The molecule has 0 fully saturated rings. The lowest BCUT2D eigenvalue weighted by molar-refractivity contribution is 0.247. The van der Waals surface area contributed by atoms with Gasteiger partial charge in [0.05, 0.1) is 12.4 Å². The van der Waals surface area contributed by atoms with Gasteiger partial charge < -0.3 is 0 Å². The van der Waals surface area contributed by atoms with Gasteiger partial charge in [0.2, 0.25) is 11.5 Å². The third-order valence-electron chi connectivity index (χ3n) is 2.90. The van der Waals surface area contributed by atoms with E-state index in [2.05, 4.69) is 6.92 Å². The van der Waals surface area contributed by atoms with E-state index in [1.807, 2.05) is 53.1 Å². The zero-order valence-electron chi connectivity index (χ0n) is 10.9. The van der Waals surface area contributed by atoms with Crippen LogP contribution in [0, 0.1) is 0 Å². The standard InChI is InChI=1S/C14H17NO3P/c1-2-3-12-16-19(15-10-6-7-11-15)17-13-8-4-5-9-14(13)18-19/h4-11H,2-3,12H2,1H3/q+1. The maximum atomic E-state index is 6.02. The fraction of sp³-hybridized carbons (Fsp3) is 0.286. The van der Waals surface area contributed by atoms with Gasteiger partial charge in [-0.25, -0.2) is 0 Å². The molecule has 0 atom stereocenters. The second-order valence-corrected chi connectivity index (χ2v) is 6.37. The van der Waals surface area contributed by atoms with Gasteiger partial charge in [-0.2, -0.15) is 0 Å². The predicted molar refractivity (Wildman–Crippen MR) is 75.3 cm³/mol. The molecular formula is C14H17NO3P+. The van der Waals surface area contributed by atoms with Gasteiger partial charge in [-0.15, -0.1) is 8.86 Å². The van der Waals surface area contributed by atoms with Crippen molar-refractivity contribution in [3.63, 3.8) is 0 Å². The second kappa shape index (κ2) is 5.24. The number of fused-ring (bicyclic) bond motifs is 1. The summed E-state index contributed by atoms with van der Waals surface area (Å²) < 4.78 is 19.9. The van der Waals surface area contributed by atoms with Crippen LogP contribution in [-0.4, -0.2) is 10.9 Å². The molecule has 0 aliphatic carbocycles. The maximum Gasteiger partial charge on any atom is 0.626 e. The van der Waals surface area contributed by atoms with E-state index in [0.29, 0.717) is 6.61 Å². The van der Waals surface area contributed by atoms with E-state index in [0.717, 1.165) is 24.3 Å². The molecule has 0 spiro atoms. The Bertz CT molecular complexity index is 516. The number of nitrogens with zero attached hydrogens (tertiary/aromatic N) is 1. The number of aromatic nitrogens is 1. The molecule has 0 bridgehead atoms. The number of hydrogen-bond acceptors (Lipinski definition) is 3. The summed E-state index contributed by atoms with van der Waals surface area (Å²) in [6.07, 6.45) is 5.92. The van der Waals surface area contributed by atoms with Crippen LogP contribution in [0.4, 0.5) is 0 Å². The highest BCUT2D eigenvalue weighted by Gasteiger charge is 2.57. The largest absolute Gasteiger partial charge is 0.626 e. The van der Waals surface area contributed by atoms with E-state index in [9.17, 15) is 0 Å². The Hall–Kier alpha value is -1.51. The minimum atomic E-state index is -2.55. The van der Waals surface area contributed by atoms with Crippen LogP contribution in [0.5, 0.6) is 11.5 Å². The molecule has 100 valence electrons. The third-order valence-corrected chi connectivity index (χ3v) is 5.10. The van der Waals surface area contributed by atoms with E-state index in [4.69, 9.17) is 13.6 Å². The molecule has 1 aliphatic heterocycles. The molecule has 5 heteroatoms. The van der Waals surface area contributed by atoms with Gasteiger partial charge in [0.15, 0.2) is 0 Å². The van der Waals surface area contributed by atoms with E-state index >= 15 is 0 Å². The topological polar surface area (TPSA) is 32.6 Å². The number of benzene rings is 1. The SMILES string of the molecule is CCCCO[P+]1(n2cccc2)Oc2ccccc2O1. The van der Waals surface area contributed by atoms with Crippen molar-refractivity contribution in [1.82, 2.24) is 4.34 Å². The molecule has 0 saturated heterocycles. The van der Waals surface area contributed by atoms with Crippen molar-refractivity contribution in [1.29, 1.82) is 0 Å². The Morgan fingerprint density at radius 1 is 1.05 bits per heavy atom. The first-order chi connectivity index (χ1) is 9.34. The average Bonchev–Trinajstić information content (AvgIpc) is 3.07. The van der Waals surface area contributed by atoms with Crippen LogP contribution in [0.25, 0.3) is 0 Å². The molecule has 0 radical (unpaired) electrons. The van der Waals surface area contributed by atoms with E-state index in [-0.39, 0.29) is 0 Å². The first-order valence-electron chi connectivity index (χ1n) is 6.50. The molecule has 1 aromatic carbocycles.